The van der Waals surface area contributed by atoms with Crippen molar-refractivity contribution in [2.24, 2.45) is 0 Å². The van der Waals surface area contributed by atoms with E-state index in [0.717, 1.165) is 74.8 Å². The minimum atomic E-state index is -0.385. The van der Waals surface area contributed by atoms with Crippen molar-refractivity contribution in [1.29, 1.82) is 0 Å². The summed E-state index contributed by atoms with van der Waals surface area (Å²) in [6, 6.07) is 3.97. The van der Waals surface area contributed by atoms with E-state index in [-0.39, 0.29) is 11.4 Å². The predicted molar refractivity (Wildman–Crippen MR) is 96.9 cm³/mol. The molecule has 0 radical (unpaired) electrons. The van der Waals surface area contributed by atoms with Gasteiger partial charge in [0.15, 0.2) is 11.5 Å². The van der Waals surface area contributed by atoms with Crippen molar-refractivity contribution in [2.75, 3.05) is 46.5 Å². The standard InChI is InChI=1S/C19H27N3O4/c1-24-15-12-17-16(25-9-2-10-26-17)11-14(15)13-22-7-3-19(4-8-22)18(23)20-5-6-21-19/h11-12,21H,2-10,13H2,1H3,(H,20,23). The summed E-state index contributed by atoms with van der Waals surface area (Å²) in [5, 5.41) is 6.43. The molecule has 142 valence electrons. The van der Waals surface area contributed by atoms with Crippen LogP contribution in [0.4, 0.5) is 0 Å². The minimum absolute atomic E-state index is 0.150. The Bertz CT molecular complexity index is 671. The molecule has 2 saturated heterocycles. The van der Waals surface area contributed by atoms with Gasteiger partial charge >= 0.3 is 0 Å². The van der Waals surface area contributed by atoms with Crippen molar-refractivity contribution in [3.05, 3.63) is 17.7 Å². The SMILES string of the molecule is COc1cc2c(cc1CN1CCC3(CC1)NCCNC3=O)OCCCO2. The van der Waals surface area contributed by atoms with E-state index >= 15 is 0 Å². The summed E-state index contributed by atoms with van der Waals surface area (Å²) >= 11 is 0. The summed E-state index contributed by atoms with van der Waals surface area (Å²) in [5.41, 5.74) is 0.706. The van der Waals surface area contributed by atoms with Gasteiger partial charge in [-0.25, -0.2) is 0 Å². The molecule has 4 rings (SSSR count). The van der Waals surface area contributed by atoms with Crippen LogP contribution in [-0.2, 0) is 11.3 Å². The topological polar surface area (TPSA) is 72.1 Å². The molecule has 1 aromatic carbocycles. The van der Waals surface area contributed by atoms with E-state index in [1.54, 1.807) is 7.11 Å². The Hall–Kier alpha value is -1.99. The lowest BCUT2D eigenvalue weighted by Crippen LogP contribution is -2.66. The van der Waals surface area contributed by atoms with Crippen LogP contribution in [0.3, 0.4) is 0 Å². The molecule has 0 aromatic heterocycles. The number of ether oxygens (including phenoxy) is 3. The van der Waals surface area contributed by atoms with Gasteiger partial charge in [-0.2, -0.15) is 0 Å². The molecule has 7 nitrogen and oxygen atoms in total. The largest absolute Gasteiger partial charge is 0.496 e. The fourth-order valence-electron chi connectivity index (χ4n) is 4.01. The predicted octanol–water partition coefficient (Wildman–Crippen LogP) is 0.911. The van der Waals surface area contributed by atoms with Gasteiger partial charge in [0, 0.05) is 50.8 Å². The summed E-state index contributed by atoms with van der Waals surface area (Å²) < 4.78 is 17.2. The fraction of sp³-hybridized carbons (Fsp3) is 0.632. The maximum absolute atomic E-state index is 12.3. The molecular weight excluding hydrogens is 334 g/mol. The second-order valence-electron chi connectivity index (χ2n) is 7.20. The third kappa shape index (κ3) is 3.33. The number of hydrogen-bond donors (Lipinski definition) is 2. The maximum atomic E-state index is 12.3. The Balaban J connectivity index is 1.46. The van der Waals surface area contributed by atoms with Crippen molar-refractivity contribution in [3.63, 3.8) is 0 Å². The van der Waals surface area contributed by atoms with E-state index in [4.69, 9.17) is 14.2 Å². The molecule has 2 fully saturated rings. The number of fused-ring (bicyclic) bond motifs is 1. The molecule has 0 atom stereocenters. The summed E-state index contributed by atoms with van der Waals surface area (Å²) in [4.78, 5) is 14.7. The van der Waals surface area contributed by atoms with Gasteiger partial charge in [-0.05, 0) is 18.9 Å². The molecule has 0 saturated carbocycles. The van der Waals surface area contributed by atoms with Crippen LogP contribution in [0.2, 0.25) is 0 Å². The van der Waals surface area contributed by atoms with Gasteiger partial charge in [-0.1, -0.05) is 0 Å². The number of piperidine rings is 1. The number of nitrogens with one attached hydrogen (secondary N) is 2. The average Bonchev–Trinajstić information content (AvgIpc) is 2.90. The number of rotatable bonds is 3. The van der Waals surface area contributed by atoms with Gasteiger partial charge in [0.25, 0.3) is 0 Å². The summed E-state index contributed by atoms with van der Waals surface area (Å²) in [6.07, 6.45) is 2.53. The highest BCUT2D eigenvalue weighted by atomic mass is 16.5. The molecule has 1 aromatic rings. The van der Waals surface area contributed by atoms with Crippen LogP contribution in [0.25, 0.3) is 0 Å². The number of amides is 1. The lowest BCUT2D eigenvalue weighted by Gasteiger charge is -2.43. The Kier molecular flexibility index (Phi) is 4.91. The number of carbonyl (C=O) groups excluding carboxylic acids is 1. The normalized spacial score (nSPS) is 22.6. The monoisotopic (exact) mass is 361 g/mol. The lowest BCUT2D eigenvalue weighted by atomic mass is 9.85. The molecular formula is C19H27N3O4. The van der Waals surface area contributed by atoms with Crippen LogP contribution >= 0.6 is 0 Å². The fourth-order valence-corrected chi connectivity index (χ4v) is 4.01. The molecule has 0 unspecified atom stereocenters. The summed E-state index contributed by atoms with van der Waals surface area (Å²) in [7, 11) is 1.68. The van der Waals surface area contributed by atoms with Crippen LogP contribution in [0.5, 0.6) is 17.2 Å². The number of benzene rings is 1. The highest BCUT2D eigenvalue weighted by Gasteiger charge is 2.42. The quantitative estimate of drug-likeness (QED) is 0.834. The molecule has 7 heteroatoms. The molecule has 0 aliphatic carbocycles. The molecule has 3 aliphatic rings. The molecule has 3 aliphatic heterocycles. The third-order valence-electron chi connectivity index (χ3n) is 5.56. The summed E-state index contributed by atoms with van der Waals surface area (Å²) in [6.45, 7) is 5.43. The van der Waals surface area contributed by atoms with Crippen LogP contribution < -0.4 is 24.8 Å². The van der Waals surface area contributed by atoms with Crippen molar-refractivity contribution in [2.45, 2.75) is 31.3 Å². The van der Waals surface area contributed by atoms with Crippen molar-refractivity contribution >= 4 is 5.91 Å². The average molecular weight is 361 g/mol. The van der Waals surface area contributed by atoms with Crippen LogP contribution in [0.15, 0.2) is 12.1 Å². The van der Waals surface area contributed by atoms with Gasteiger partial charge in [-0.3, -0.25) is 9.69 Å². The number of likely N-dealkylation sites (tertiary alicyclic amines) is 1. The minimum Gasteiger partial charge on any atom is -0.496 e. The van der Waals surface area contributed by atoms with E-state index in [9.17, 15) is 4.79 Å². The first-order valence-corrected chi connectivity index (χ1v) is 9.42. The summed E-state index contributed by atoms with van der Waals surface area (Å²) in [5.74, 6) is 2.52. The van der Waals surface area contributed by atoms with Gasteiger partial charge in [-0.15, -0.1) is 0 Å². The van der Waals surface area contributed by atoms with E-state index < -0.39 is 0 Å². The van der Waals surface area contributed by atoms with Crippen molar-refractivity contribution in [3.8, 4) is 17.2 Å². The molecule has 1 spiro atoms. The van der Waals surface area contributed by atoms with Crippen molar-refractivity contribution < 1.29 is 19.0 Å². The van der Waals surface area contributed by atoms with E-state index in [0.29, 0.717) is 13.2 Å². The smallest absolute Gasteiger partial charge is 0.240 e. The number of carbonyl (C=O) groups is 1. The highest BCUT2D eigenvalue weighted by molar-refractivity contribution is 5.87. The van der Waals surface area contributed by atoms with Gasteiger partial charge in [0.1, 0.15) is 11.3 Å². The lowest BCUT2D eigenvalue weighted by molar-refractivity contribution is -0.131. The first-order chi connectivity index (χ1) is 12.7. The first kappa shape index (κ1) is 17.4. The van der Waals surface area contributed by atoms with Gasteiger partial charge < -0.3 is 24.8 Å². The van der Waals surface area contributed by atoms with Gasteiger partial charge in [0.05, 0.1) is 20.3 Å². The molecule has 0 bridgehead atoms. The molecule has 1 amide bonds. The van der Waals surface area contributed by atoms with Crippen molar-refractivity contribution in [1.82, 2.24) is 15.5 Å². The third-order valence-corrected chi connectivity index (χ3v) is 5.56. The van der Waals surface area contributed by atoms with Gasteiger partial charge in [0.2, 0.25) is 5.91 Å². The Labute approximate surface area is 154 Å². The van der Waals surface area contributed by atoms with Crippen LogP contribution in [-0.4, -0.2) is 62.8 Å². The van der Waals surface area contributed by atoms with Crippen LogP contribution in [0.1, 0.15) is 24.8 Å². The van der Waals surface area contributed by atoms with E-state index in [1.807, 2.05) is 12.1 Å². The molecule has 26 heavy (non-hydrogen) atoms. The number of methoxy groups -OCH3 is 1. The number of hydrogen-bond acceptors (Lipinski definition) is 6. The second kappa shape index (κ2) is 7.32. The Morgan fingerprint density at radius 1 is 1.15 bits per heavy atom. The number of nitrogens with zero attached hydrogens (tertiary/aromatic N) is 1. The second-order valence-corrected chi connectivity index (χ2v) is 7.20. The molecule has 2 N–H and O–H groups in total. The van der Waals surface area contributed by atoms with Crippen LogP contribution in [0, 0.1) is 0 Å². The first-order valence-electron chi connectivity index (χ1n) is 9.42. The Morgan fingerprint density at radius 2 is 1.88 bits per heavy atom. The zero-order chi connectivity index (χ0) is 18.0. The van der Waals surface area contributed by atoms with E-state index in [2.05, 4.69) is 15.5 Å². The zero-order valence-electron chi connectivity index (χ0n) is 15.3. The molecule has 3 heterocycles. The maximum Gasteiger partial charge on any atom is 0.240 e. The zero-order valence-corrected chi connectivity index (χ0v) is 15.3. The number of piperazine rings is 1. The van der Waals surface area contributed by atoms with E-state index in [1.165, 1.54) is 0 Å². The highest BCUT2D eigenvalue weighted by Crippen LogP contribution is 2.37. The Morgan fingerprint density at radius 3 is 2.58 bits per heavy atom.